The van der Waals surface area contributed by atoms with Crippen LogP contribution >= 0.6 is 0 Å². The van der Waals surface area contributed by atoms with Crippen LogP contribution in [0, 0.1) is 11.7 Å². The van der Waals surface area contributed by atoms with E-state index < -0.39 is 0 Å². The van der Waals surface area contributed by atoms with Crippen molar-refractivity contribution in [3.05, 3.63) is 35.1 Å². The highest BCUT2D eigenvalue weighted by Crippen LogP contribution is 2.27. The molecule has 0 atom stereocenters. The van der Waals surface area contributed by atoms with Gasteiger partial charge >= 0.3 is 0 Å². The van der Waals surface area contributed by atoms with E-state index in [2.05, 4.69) is 5.32 Å². The zero-order valence-electron chi connectivity index (χ0n) is 8.67. The molecule has 2 rings (SSSR count). The van der Waals surface area contributed by atoms with Gasteiger partial charge in [-0.2, -0.15) is 0 Å². The Morgan fingerprint density at radius 2 is 2.20 bits per heavy atom. The van der Waals surface area contributed by atoms with E-state index in [9.17, 15) is 4.39 Å². The molecule has 0 unspecified atom stereocenters. The predicted octanol–water partition coefficient (Wildman–Crippen LogP) is 1.82. The van der Waals surface area contributed by atoms with Crippen molar-refractivity contribution in [2.75, 3.05) is 6.54 Å². The van der Waals surface area contributed by atoms with E-state index in [-0.39, 0.29) is 12.4 Å². The third kappa shape index (κ3) is 3.01. The number of rotatable bonds is 5. The maximum Gasteiger partial charge on any atom is 0.128 e. The van der Waals surface area contributed by atoms with Gasteiger partial charge in [0.25, 0.3) is 0 Å². The Hall–Kier alpha value is -0.930. The average Bonchev–Trinajstić information content (AvgIpc) is 3.04. The summed E-state index contributed by atoms with van der Waals surface area (Å²) in [5.41, 5.74) is 1.40. The monoisotopic (exact) mass is 209 g/mol. The minimum absolute atomic E-state index is 0.234. The van der Waals surface area contributed by atoms with Crippen LogP contribution in [-0.4, -0.2) is 11.7 Å². The molecule has 15 heavy (non-hydrogen) atoms. The first kappa shape index (κ1) is 10.6. The summed E-state index contributed by atoms with van der Waals surface area (Å²) in [4.78, 5) is 0. The molecule has 1 aromatic carbocycles. The molecule has 0 aromatic heterocycles. The van der Waals surface area contributed by atoms with Crippen LogP contribution in [0.15, 0.2) is 18.2 Å². The fourth-order valence-corrected chi connectivity index (χ4v) is 1.60. The highest BCUT2D eigenvalue weighted by Gasteiger charge is 2.20. The van der Waals surface area contributed by atoms with Gasteiger partial charge in [0.2, 0.25) is 0 Å². The van der Waals surface area contributed by atoms with Gasteiger partial charge in [-0.3, -0.25) is 0 Å². The van der Waals surface area contributed by atoms with E-state index in [4.69, 9.17) is 5.11 Å². The van der Waals surface area contributed by atoms with Gasteiger partial charge in [0.05, 0.1) is 6.61 Å². The number of benzene rings is 1. The van der Waals surface area contributed by atoms with Crippen molar-refractivity contribution >= 4 is 0 Å². The molecule has 0 radical (unpaired) electrons. The van der Waals surface area contributed by atoms with Gasteiger partial charge in [-0.15, -0.1) is 0 Å². The molecule has 1 aliphatic rings. The summed E-state index contributed by atoms with van der Waals surface area (Å²) >= 11 is 0. The van der Waals surface area contributed by atoms with Crippen molar-refractivity contribution in [1.29, 1.82) is 0 Å². The first-order valence-electron chi connectivity index (χ1n) is 5.38. The number of hydrogen-bond acceptors (Lipinski definition) is 2. The fraction of sp³-hybridized carbons (Fsp3) is 0.500. The molecule has 0 saturated heterocycles. The molecule has 1 saturated carbocycles. The molecular formula is C12H16FNO. The summed E-state index contributed by atoms with van der Waals surface area (Å²) in [5, 5.41) is 12.2. The molecular weight excluding hydrogens is 193 g/mol. The van der Waals surface area contributed by atoms with Crippen molar-refractivity contribution in [3.63, 3.8) is 0 Å². The molecule has 1 aliphatic carbocycles. The summed E-state index contributed by atoms with van der Waals surface area (Å²) < 4.78 is 13.0. The Balaban J connectivity index is 1.89. The Morgan fingerprint density at radius 1 is 1.40 bits per heavy atom. The molecule has 3 heteroatoms. The van der Waals surface area contributed by atoms with Crippen molar-refractivity contribution in [3.8, 4) is 0 Å². The highest BCUT2D eigenvalue weighted by molar-refractivity contribution is 5.24. The molecule has 0 aliphatic heterocycles. The SMILES string of the molecule is OCc1cc(CNCC2CC2)ccc1F. The Labute approximate surface area is 89.1 Å². The molecule has 0 bridgehead atoms. The third-order valence-corrected chi connectivity index (χ3v) is 2.74. The first-order valence-corrected chi connectivity index (χ1v) is 5.38. The lowest BCUT2D eigenvalue weighted by molar-refractivity contribution is 0.275. The second-order valence-corrected chi connectivity index (χ2v) is 4.16. The standard InChI is InChI=1S/C12H16FNO/c13-12-4-3-10(5-11(12)8-15)7-14-6-9-1-2-9/h3-5,9,14-15H,1-2,6-8H2. The lowest BCUT2D eigenvalue weighted by Gasteiger charge is -2.06. The van der Waals surface area contributed by atoms with Gasteiger partial charge < -0.3 is 10.4 Å². The summed E-state index contributed by atoms with van der Waals surface area (Å²) in [7, 11) is 0. The number of hydrogen-bond donors (Lipinski definition) is 2. The molecule has 0 spiro atoms. The molecule has 82 valence electrons. The Bertz CT molecular complexity index is 336. The van der Waals surface area contributed by atoms with Crippen LogP contribution in [0.5, 0.6) is 0 Å². The molecule has 0 amide bonds. The van der Waals surface area contributed by atoms with Crippen LogP contribution in [0.1, 0.15) is 24.0 Å². The maximum atomic E-state index is 13.0. The van der Waals surface area contributed by atoms with Gasteiger partial charge in [-0.1, -0.05) is 6.07 Å². The quantitative estimate of drug-likeness (QED) is 0.775. The number of halogens is 1. The zero-order chi connectivity index (χ0) is 10.7. The molecule has 1 fully saturated rings. The summed E-state index contributed by atoms with van der Waals surface area (Å²) in [6.45, 7) is 1.57. The highest BCUT2D eigenvalue weighted by atomic mass is 19.1. The fourth-order valence-electron chi connectivity index (χ4n) is 1.60. The minimum atomic E-state index is -0.330. The third-order valence-electron chi connectivity index (χ3n) is 2.74. The van der Waals surface area contributed by atoms with Crippen LogP contribution in [0.25, 0.3) is 0 Å². The summed E-state index contributed by atoms with van der Waals surface area (Å²) in [6, 6.07) is 4.89. The van der Waals surface area contributed by atoms with E-state index >= 15 is 0 Å². The van der Waals surface area contributed by atoms with Crippen LogP contribution < -0.4 is 5.32 Å². The second-order valence-electron chi connectivity index (χ2n) is 4.16. The van der Waals surface area contributed by atoms with Gasteiger partial charge in [0.1, 0.15) is 5.82 Å². The number of aliphatic hydroxyl groups is 1. The maximum absolute atomic E-state index is 13.0. The Morgan fingerprint density at radius 3 is 2.87 bits per heavy atom. The summed E-state index contributed by atoms with van der Waals surface area (Å²) in [5.74, 6) is 0.520. The van der Waals surface area contributed by atoms with E-state index in [0.717, 1.165) is 24.6 Å². The van der Waals surface area contributed by atoms with Gasteiger partial charge in [0, 0.05) is 12.1 Å². The molecule has 2 nitrogen and oxygen atoms in total. The second kappa shape index (κ2) is 4.73. The topological polar surface area (TPSA) is 32.3 Å². The van der Waals surface area contributed by atoms with Gasteiger partial charge in [-0.05, 0) is 43.0 Å². The lowest BCUT2D eigenvalue weighted by Crippen LogP contribution is -2.16. The van der Waals surface area contributed by atoms with Crippen LogP contribution in [0.2, 0.25) is 0 Å². The Kier molecular flexibility index (Phi) is 3.34. The average molecular weight is 209 g/mol. The van der Waals surface area contributed by atoms with Crippen LogP contribution in [0.3, 0.4) is 0 Å². The van der Waals surface area contributed by atoms with Crippen LogP contribution in [-0.2, 0) is 13.2 Å². The van der Waals surface area contributed by atoms with Crippen LogP contribution in [0.4, 0.5) is 4.39 Å². The lowest BCUT2D eigenvalue weighted by atomic mass is 10.1. The minimum Gasteiger partial charge on any atom is -0.392 e. The number of aliphatic hydroxyl groups excluding tert-OH is 1. The van der Waals surface area contributed by atoms with Crippen molar-refractivity contribution in [1.82, 2.24) is 5.32 Å². The summed E-state index contributed by atoms with van der Waals surface area (Å²) in [6.07, 6.45) is 2.66. The zero-order valence-corrected chi connectivity index (χ0v) is 8.67. The largest absolute Gasteiger partial charge is 0.392 e. The van der Waals surface area contributed by atoms with Gasteiger partial charge in [-0.25, -0.2) is 4.39 Å². The normalized spacial score (nSPS) is 15.6. The predicted molar refractivity (Wildman–Crippen MR) is 56.8 cm³/mol. The first-order chi connectivity index (χ1) is 7.29. The van der Waals surface area contributed by atoms with E-state index in [1.807, 2.05) is 0 Å². The van der Waals surface area contributed by atoms with Crippen molar-refractivity contribution in [2.45, 2.75) is 26.0 Å². The van der Waals surface area contributed by atoms with E-state index in [0.29, 0.717) is 5.56 Å². The smallest absolute Gasteiger partial charge is 0.128 e. The molecule has 0 heterocycles. The van der Waals surface area contributed by atoms with Gasteiger partial charge in [0.15, 0.2) is 0 Å². The number of nitrogens with one attached hydrogen (secondary N) is 1. The molecule has 2 N–H and O–H groups in total. The van der Waals surface area contributed by atoms with E-state index in [1.165, 1.54) is 18.9 Å². The molecule has 1 aromatic rings. The van der Waals surface area contributed by atoms with Crippen molar-refractivity contribution in [2.24, 2.45) is 5.92 Å². The van der Waals surface area contributed by atoms with E-state index in [1.54, 1.807) is 12.1 Å². The van der Waals surface area contributed by atoms with Crippen molar-refractivity contribution < 1.29 is 9.50 Å².